The summed E-state index contributed by atoms with van der Waals surface area (Å²) >= 11 is 0. The van der Waals surface area contributed by atoms with Crippen LogP contribution < -0.4 is 0 Å². The summed E-state index contributed by atoms with van der Waals surface area (Å²) in [6.45, 7) is 12.3. The van der Waals surface area contributed by atoms with Crippen LogP contribution in [0.3, 0.4) is 0 Å². The van der Waals surface area contributed by atoms with Crippen molar-refractivity contribution in [2.75, 3.05) is 19.6 Å². The largest absolute Gasteiger partial charge is 0.480 e. The second-order valence-corrected chi connectivity index (χ2v) is 6.72. The molecule has 0 saturated heterocycles. The highest BCUT2D eigenvalue weighted by Crippen LogP contribution is 2.37. The van der Waals surface area contributed by atoms with Crippen molar-refractivity contribution in [1.82, 2.24) is 4.90 Å². The predicted octanol–water partition coefficient (Wildman–Crippen LogP) is 6.02. The summed E-state index contributed by atoms with van der Waals surface area (Å²) < 4.78 is 0. The van der Waals surface area contributed by atoms with Gasteiger partial charge in [0, 0.05) is 0 Å². The number of aliphatic carboxylic acids is 1. The van der Waals surface area contributed by atoms with E-state index >= 15 is 0 Å². The van der Waals surface area contributed by atoms with Crippen LogP contribution in [0.2, 0.25) is 0 Å². The van der Waals surface area contributed by atoms with Crippen LogP contribution in [0.15, 0.2) is 60.7 Å². The van der Waals surface area contributed by atoms with Crippen molar-refractivity contribution in [2.45, 2.75) is 52.4 Å². The molecule has 0 heterocycles. The summed E-state index contributed by atoms with van der Waals surface area (Å²) in [6.07, 6.45) is 2.69. The van der Waals surface area contributed by atoms with Crippen molar-refractivity contribution < 1.29 is 9.90 Å². The third-order valence-electron chi connectivity index (χ3n) is 4.96. The number of carboxylic acid groups (broad SMARTS) is 1. The number of halogens is 1. The van der Waals surface area contributed by atoms with Crippen molar-refractivity contribution in [3.05, 3.63) is 71.8 Å². The lowest BCUT2D eigenvalue weighted by Crippen LogP contribution is -2.37. The van der Waals surface area contributed by atoms with Crippen LogP contribution >= 0.6 is 12.4 Å². The molecule has 0 fully saturated rings. The predicted molar refractivity (Wildman–Crippen MR) is 122 cm³/mol. The van der Waals surface area contributed by atoms with Crippen LogP contribution in [0.25, 0.3) is 0 Å². The molecule has 2 aromatic carbocycles. The van der Waals surface area contributed by atoms with Gasteiger partial charge < -0.3 is 10.0 Å². The molecule has 3 nitrogen and oxygen atoms in total. The average molecular weight is 406 g/mol. The summed E-state index contributed by atoms with van der Waals surface area (Å²) in [7, 11) is 0. The number of carboxylic acids is 1. The molecule has 156 valence electrons. The molecule has 28 heavy (non-hydrogen) atoms. The molecule has 0 aliphatic heterocycles. The van der Waals surface area contributed by atoms with Crippen LogP contribution in [-0.4, -0.2) is 35.6 Å². The second-order valence-electron chi connectivity index (χ2n) is 6.72. The highest BCUT2D eigenvalue weighted by molar-refractivity contribution is 5.86. The van der Waals surface area contributed by atoms with E-state index in [4.69, 9.17) is 0 Å². The Morgan fingerprint density at radius 2 is 1.25 bits per heavy atom. The van der Waals surface area contributed by atoms with E-state index in [1.165, 1.54) is 26.1 Å². The molecule has 4 heteroatoms. The lowest BCUT2D eigenvalue weighted by atomic mass is 9.71. The Bertz CT molecular complexity index is 603. The SMILES string of the molecule is CCCC(C(=O)O)(c1ccccc1)c1ccccc1.CCCN(CC)CC.Cl. The smallest absolute Gasteiger partial charge is 0.318 e. The number of hydrogen-bond donors (Lipinski definition) is 1. The van der Waals surface area contributed by atoms with E-state index in [2.05, 4.69) is 25.7 Å². The van der Waals surface area contributed by atoms with Crippen LogP contribution in [-0.2, 0) is 10.2 Å². The van der Waals surface area contributed by atoms with Gasteiger partial charge in [0.15, 0.2) is 0 Å². The van der Waals surface area contributed by atoms with Gasteiger partial charge in [-0.05, 0) is 43.6 Å². The van der Waals surface area contributed by atoms with Crippen molar-refractivity contribution in [3.8, 4) is 0 Å². The van der Waals surface area contributed by atoms with E-state index in [1.807, 2.05) is 67.6 Å². The van der Waals surface area contributed by atoms with Gasteiger partial charge in [-0.15, -0.1) is 12.4 Å². The maximum Gasteiger partial charge on any atom is 0.318 e. The molecule has 0 aliphatic carbocycles. The molecule has 0 aliphatic rings. The van der Waals surface area contributed by atoms with Crippen LogP contribution in [0.5, 0.6) is 0 Å². The van der Waals surface area contributed by atoms with Crippen LogP contribution in [0.1, 0.15) is 58.1 Å². The minimum atomic E-state index is -0.947. The van der Waals surface area contributed by atoms with Crippen molar-refractivity contribution in [2.24, 2.45) is 0 Å². The van der Waals surface area contributed by atoms with E-state index in [0.29, 0.717) is 6.42 Å². The zero-order valence-electron chi connectivity index (χ0n) is 17.7. The molecule has 2 rings (SSSR count). The summed E-state index contributed by atoms with van der Waals surface area (Å²) in [5.74, 6) is -0.785. The maximum atomic E-state index is 12.0. The molecule has 0 radical (unpaired) electrons. The van der Waals surface area contributed by atoms with Gasteiger partial charge in [0.25, 0.3) is 0 Å². The van der Waals surface area contributed by atoms with Gasteiger partial charge in [0.05, 0.1) is 0 Å². The van der Waals surface area contributed by atoms with Gasteiger partial charge in [-0.2, -0.15) is 0 Å². The van der Waals surface area contributed by atoms with E-state index in [9.17, 15) is 9.90 Å². The highest BCUT2D eigenvalue weighted by Gasteiger charge is 2.41. The van der Waals surface area contributed by atoms with Gasteiger partial charge in [0.1, 0.15) is 5.41 Å². The standard InChI is InChI=1S/C17H18O2.C7H17N.ClH/c1-2-13-17(16(18)19,14-9-5-3-6-10-14)15-11-7-4-8-12-15;1-4-7-8(5-2)6-3;/h3-12H,2,13H2,1H3,(H,18,19);4-7H2,1-3H3;1H. The Morgan fingerprint density at radius 3 is 1.50 bits per heavy atom. The number of hydrogen-bond acceptors (Lipinski definition) is 2. The molecule has 0 saturated carbocycles. The summed E-state index contributed by atoms with van der Waals surface area (Å²) in [6, 6.07) is 19.0. The number of rotatable bonds is 9. The molecule has 2 aromatic rings. The molecule has 0 bridgehead atoms. The average Bonchev–Trinajstić information content (AvgIpc) is 2.71. The van der Waals surface area contributed by atoms with Crippen LogP contribution in [0, 0.1) is 0 Å². The lowest BCUT2D eigenvalue weighted by Gasteiger charge is -2.30. The monoisotopic (exact) mass is 405 g/mol. The first-order valence-corrected chi connectivity index (χ1v) is 10.1. The molecular formula is C24H36ClNO2. The zero-order chi connectivity index (χ0) is 20.1. The molecule has 0 amide bonds. The number of carbonyl (C=O) groups is 1. The fourth-order valence-electron chi connectivity index (χ4n) is 3.49. The van der Waals surface area contributed by atoms with Gasteiger partial charge in [0.2, 0.25) is 0 Å². The quantitative estimate of drug-likeness (QED) is 0.554. The Hall–Kier alpha value is -1.84. The molecule has 0 unspecified atom stereocenters. The Labute approximate surface area is 177 Å². The number of nitrogens with zero attached hydrogens (tertiary/aromatic N) is 1. The molecule has 0 atom stereocenters. The topological polar surface area (TPSA) is 40.5 Å². The molecule has 0 aromatic heterocycles. The van der Waals surface area contributed by atoms with Gasteiger partial charge in [-0.3, -0.25) is 4.79 Å². The fourth-order valence-corrected chi connectivity index (χ4v) is 3.49. The second kappa shape index (κ2) is 14.2. The summed E-state index contributed by atoms with van der Waals surface area (Å²) in [5.41, 5.74) is 0.739. The first-order valence-electron chi connectivity index (χ1n) is 10.1. The van der Waals surface area contributed by atoms with Crippen LogP contribution in [0.4, 0.5) is 0 Å². The minimum Gasteiger partial charge on any atom is -0.480 e. The van der Waals surface area contributed by atoms with Gasteiger partial charge in [-0.1, -0.05) is 94.8 Å². The zero-order valence-corrected chi connectivity index (χ0v) is 18.5. The van der Waals surface area contributed by atoms with Gasteiger partial charge in [-0.25, -0.2) is 0 Å². The molecule has 1 N–H and O–H groups in total. The molecular weight excluding hydrogens is 370 g/mol. The third-order valence-corrected chi connectivity index (χ3v) is 4.96. The first-order chi connectivity index (χ1) is 13.1. The van der Waals surface area contributed by atoms with E-state index in [1.54, 1.807) is 0 Å². The minimum absolute atomic E-state index is 0. The first kappa shape index (κ1) is 26.2. The third kappa shape index (κ3) is 6.96. The highest BCUT2D eigenvalue weighted by atomic mass is 35.5. The van der Waals surface area contributed by atoms with Crippen molar-refractivity contribution in [1.29, 1.82) is 0 Å². The maximum absolute atomic E-state index is 12.0. The Kier molecular flexibility index (Phi) is 13.3. The van der Waals surface area contributed by atoms with E-state index in [-0.39, 0.29) is 12.4 Å². The van der Waals surface area contributed by atoms with Crippen molar-refractivity contribution in [3.63, 3.8) is 0 Å². The van der Waals surface area contributed by atoms with E-state index in [0.717, 1.165) is 17.5 Å². The van der Waals surface area contributed by atoms with Crippen molar-refractivity contribution >= 4 is 18.4 Å². The Morgan fingerprint density at radius 1 is 0.821 bits per heavy atom. The Balaban J connectivity index is 0.000000694. The normalized spacial score (nSPS) is 10.6. The summed E-state index contributed by atoms with van der Waals surface area (Å²) in [4.78, 5) is 14.4. The number of benzene rings is 2. The van der Waals surface area contributed by atoms with E-state index < -0.39 is 11.4 Å². The van der Waals surface area contributed by atoms with Gasteiger partial charge >= 0.3 is 5.97 Å². The summed E-state index contributed by atoms with van der Waals surface area (Å²) in [5, 5.41) is 9.86. The fraction of sp³-hybridized carbons (Fsp3) is 0.458. The molecule has 0 spiro atoms. The lowest BCUT2D eigenvalue weighted by molar-refractivity contribution is -0.142.